The minimum Gasteiger partial charge on any atom is -0.507 e. The average Bonchev–Trinajstić information content (AvgIpc) is 3.31. The Morgan fingerprint density at radius 2 is 1.76 bits per heavy atom. The van der Waals surface area contributed by atoms with Gasteiger partial charge in [0.25, 0.3) is 11.7 Å². The largest absolute Gasteiger partial charge is 0.507 e. The van der Waals surface area contributed by atoms with Crippen molar-refractivity contribution in [2.45, 2.75) is 25.5 Å². The van der Waals surface area contributed by atoms with E-state index >= 15 is 0 Å². The zero-order valence-electron chi connectivity index (χ0n) is 17.9. The first-order valence-corrected chi connectivity index (χ1v) is 11.3. The van der Waals surface area contributed by atoms with Crippen LogP contribution in [-0.4, -0.2) is 22.9 Å². The highest BCUT2D eigenvalue weighted by Gasteiger charge is 2.47. The van der Waals surface area contributed by atoms with E-state index in [0.29, 0.717) is 28.3 Å². The van der Waals surface area contributed by atoms with E-state index in [1.165, 1.54) is 29.2 Å². The molecule has 34 heavy (non-hydrogen) atoms. The molecule has 0 radical (unpaired) electrons. The zero-order valence-corrected chi connectivity index (χ0v) is 19.4. The SMILES string of the molecule is CC1Cc2cc(/C(O)=C3/C(=O)C(=O)N(c4ccc(F)cc4)C3c3ccc(Cl)c(Cl)c3)ccc2O1. The lowest BCUT2D eigenvalue weighted by atomic mass is 9.94. The van der Waals surface area contributed by atoms with Gasteiger partial charge in [-0.05, 0) is 72.6 Å². The van der Waals surface area contributed by atoms with E-state index in [-0.39, 0.29) is 22.5 Å². The number of anilines is 1. The zero-order chi connectivity index (χ0) is 24.1. The van der Waals surface area contributed by atoms with Crippen LogP contribution >= 0.6 is 23.2 Å². The summed E-state index contributed by atoms with van der Waals surface area (Å²) in [5, 5.41) is 11.8. The number of benzene rings is 3. The molecule has 1 saturated heterocycles. The third-order valence-electron chi connectivity index (χ3n) is 5.98. The monoisotopic (exact) mass is 497 g/mol. The van der Waals surface area contributed by atoms with Crippen molar-refractivity contribution < 1.29 is 23.8 Å². The van der Waals surface area contributed by atoms with Crippen molar-refractivity contribution in [1.82, 2.24) is 0 Å². The molecule has 2 unspecified atom stereocenters. The van der Waals surface area contributed by atoms with E-state index in [1.54, 1.807) is 36.4 Å². The average molecular weight is 498 g/mol. The van der Waals surface area contributed by atoms with Gasteiger partial charge in [-0.25, -0.2) is 4.39 Å². The lowest BCUT2D eigenvalue weighted by Gasteiger charge is -2.25. The fourth-order valence-electron chi connectivity index (χ4n) is 4.42. The summed E-state index contributed by atoms with van der Waals surface area (Å²) in [5.41, 5.74) is 1.96. The van der Waals surface area contributed by atoms with Crippen molar-refractivity contribution in [3.05, 3.63) is 98.8 Å². The molecular formula is C26H18Cl2FNO4. The van der Waals surface area contributed by atoms with Crippen molar-refractivity contribution in [3.8, 4) is 5.75 Å². The molecule has 0 aromatic heterocycles. The van der Waals surface area contributed by atoms with E-state index in [0.717, 1.165) is 11.3 Å². The number of ketones is 1. The fourth-order valence-corrected chi connectivity index (χ4v) is 4.73. The molecule has 0 bridgehead atoms. The van der Waals surface area contributed by atoms with E-state index in [9.17, 15) is 19.1 Å². The molecule has 1 fully saturated rings. The molecule has 1 amide bonds. The number of rotatable bonds is 3. The van der Waals surface area contributed by atoms with Crippen molar-refractivity contribution in [1.29, 1.82) is 0 Å². The predicted molar refractivity (Wildman–Crippen MR) is 128 cm³/mol. The third-order valence-corrected chi connectivity index (χ3v) is 6.72. The lowest BCUT2D eigenvalue weighted by Crippen LogP contribution is -2.29. The van der Waals surface area contributed by atoms with Crippen molar-refractivity contribution in [3.63, 3.8) is 0 Å². The number of carbonyl (C=O) groups is 2. The van der Waals surface area contributed by atoms with Gasteiger partial charge in [-0.2, -0.15) is 0 Å². The van der Waals surface area contributed by atoms with E-state index in [2.05, 4.69) is 0 Å². The second-order valence-electron chi connectivity index (χ2n) is 8.27. The van der Waals surface area contributed by atoms with Gasteiger partial charge < -0.3 is 9.84 Å². The second-order valence-corrected chi connectivity index (χ2v) is 9.09. The number of Topliss-reactive ketones (excluding diaryl/α,β-unsaturated/α-hetero) is 1. The minimum absolute atomic E-state index is 0.00709. The number of amides is 1. The van der Waals surface area contributed by atoms with Gasteiger partial charge in [0.15, 0.2) is 0 Å². The fraction of sp³-hybridized carbons (Fsp3) is 0.154. The highest BCUT2D eigenvalue weighted by Crippen LogP contribution is 2.44. The molecule has 8 heteroatoms. The molecule has 2 aliphatic heterocycles. The summed E-state index contributed by atoms with van der Waals surface area (Å²) in [5.74, 6) is -1.79. The van der Waals surface area contributed by atoms with Crippen molar-refractivity contribution in [2.24, 2.45) is 0 Å². The van der Waals surface area contributed by atoms with Gasteiger partial charge in [-0.15, -0.1) is 0 Å². The first-order valence-electron chi connectivity index (χ1n) is 10.6. The van der Waals surface area contributed by atoms with Crippen LogP contribution in [0.15, 0.2) is 66.2 Å². The molecular weight excluding hydrogens is 480 g/mol. The Kier molecular flexibility index (Phi) is 5.58. The number of nitrogens with zero attached hydrogens (tertiary/aromatic N) is 1. The topological polar surface area (TPSA) is 66.8 Å². The molecule has 0 spiro atoms. The van der Waals surface area contributed by atoms with Crippen LogP contribution < -0.4 is 9.64 Å². The Morgan fingerprint density at radius 3 is 2.47 bits per heavy atom. The molecule has 3 aromatic rings. The third kappa shape index (κ3) is 3.73. The van der Waals surface area contributed by atoms with E-state index < -0.39 is 23.5 Å². The molecule has 0 aliphatic carbocycles. The second kappa shape index (κ2) is 8.46. The first kappa shape index (κ1) is 22.4. The van der Waals surface area contributed by atoms with E-state index in [4.69, 9.17) is 27.9 Å². The lowest BCUT2D eigenvalue weighted by molar-refractivity contribution is -0.132. The molecule has 5 nitrogen and oxygen atoms in total. The minimum atomic E-state index is -0.997. The molecule has 2 aliphatic rings. The van der Waals surface area contributed by atoms with Gasteiger partial charge in [0.1, 0.15) is 23.4 Å². The summed E-state index contributed by atoms with van der Waals surface area (Å²) >= 11 is 12.3. The van der Waals surface area contributed by atoms with Crippen LogP contribution in [0.2, 0.25) is 10.0 Å². The highest BCUT2D eigenvalue weighted by atomic mass is 35.5. The Labute approximate surface area is 205 Å². The van der Waals surface area contributed by atoms with Gasteiger partial charge in [0.05, 0.1) is 21.7 Å². The Balaban J connectivity index is 1.70. The predicted octanol–water partition coefficient (Wildman–Crippen LogP) is 6.08. The highest BCUT2D eigenvalue weighted by molar-refractivity contribution is 6.51. The number of hydrogen-bond donors (Lipinski definition) is 1. The maximum Gasteiger partial charge on any atom is 0.300 e. The Hall–Kier alpha value is -3.35. The number of aliphatic hydroxyl groups excluding tert-OH is 1. The van der Waals surface area contributed by atoms with Gasteiger partial charge >= 0.3 is 0 Å². The maximum absolute atomic E-state index is 13.6. The number of hydrogen-bond acceptors (Lipinski definition) is 4. The van der Waals surface area contributed by atoms with Gasteiger partial charge in [-0.1, -0.05) is 29.3 Å². The van der Waals surface area contributed by atoms with Gasteiger partial charge in [0.2, 0.25) is 0 Å². The summed E-state index contributed by atoms with van der Waals surface area (Å²) in [6.07, 6.45) is 0.670. The molecule has 172 valence electrons. The van der Waals surface area contributed by atoms with Crippen LogP contribution in [0, 0.1) is 5.82 Å². The molecule has 5 rings (SSSR count). The van der Waals surface area contributed by atoms with Crippen molar-refractivity contribution >= 4 is 46.3 Å². The first-order chi connectivity index (χ1) is 16.2. The van der Waals surface area contributed by atoms with Crippen LogP contribution in [0.4, 0.5) is 10.1 Å². The maximum atomic E-state index is 13.6. The van der Waals surface area contributed by atoms with Crippen LogP contribution in [-0.2, 0) is 16.0 Å². The number of carbonyl (C=O) groups excluding carboxylic acids is 2. The smallest absolute Gasteiger partial charge is 0.300 e. The quantitative estimate of drug-likeness (QED) is 0.270. The van der Waals surface area contributed by atoms with Crippen LogP contribution in [0.3, 0.4) is 0 Å². The summed E-state index contributed by atoms with van der Waals surface area (Å²) in [7, 11) is 0. The van der Waals surface area contributed by atoms with Crippen molar-refractivity contribution in [2.75, 3.05) is 4.90 Å². The summed E-state index contributed by atoms with van der Waals surface area (Å²) < 4.78 is 19.3. The van der Waals surface area contributed by atoms with Crippen LogP contribution in [0.25, 0.3) is 5.76 Å². The van der Waals surface area contributed by atoms with Crippen LogP contribution in [0.1, 0.15) is 29.7 Å². The Bertz CT molecular complexity index is 1370. The number of aliphatic hydroxyl groups is 1. The van der Waals surface area contributed by atoms with Crippen LogP contribution in [0.5, 0.6) is 5.75 Å². The summed E-state index contributed by atoms with van der Waals surface area (Å²) in [6, 6.07) is 14.1. The molecule has 2 atom stereocenters. The molecule has 1 N–H and O–H groups in total. The number of ether oxygens (including phenoxy) is 1. The van der Waals surface area contributed by atoms with Gasteiger partial charge in [0, 0.05) is 17.7 Å². The molecule has 0 saturated carbocycles. The standard InChI is InChI=1S/C26H18Cl2FNO4/c1-13-10-16-11-15(3-9-21(16)34-13)24(31)22-23(14-2-8-19(27)20(28)12-14)30(26(33)25(22)32)18-6-4-17(29)5-7-18/h2-9,11-13,23,31H,10H2,1H3/b24-22-. The van der Waals surface area contributed by atoms with E-state index in [1.807, 2.05) is 6.92 Å². The number of halogens is 3. The normalized spacial score (nSPS) is 21.0. The molecule has 2 heterocycles. The number of fused-ring (bicyclic) bond motifs is 1. The summed E-state index contributed by atoms with van der Waals surface area (Å²) in [6.45, 7) is 1.94. The summed E-state index contributed by atoms with van der Waals surface area (Å²) in [4.78, 5) is 27.6. The Morgan fingerprint density at radius 1 is 1.03 bits per heavy atom. The molecule has 3 aromatic carbocycles. The van der Waals surface area contributed by atoms with Gasteiger partial charge in [-0.3, -0.25) is 14.5 Å².